The van der Waals surface area contributed by atoms with Crippen LogP contribution in [0.2, 0.25) is 0 Å². The Kier molecular flexibility index (Phi) is 4.42. The van der Waals surface area contributed by atoms with E-state index in [1.165, 1.54) is 12.5 Å². The van der Waals surface area contributed by atoms with Crippen LogP contribution in [0.1, 0.15) is 5.56 Å². The lowest BCUT2D eigenvalue weighted by atomic mass is 10.2. The maximum absolute atomic E-state index is 5.80. The summed E-state index contributed by atoms with van der Waals surface area (Å²) in [6.45, 7) is 1.97. The molecule has 0 amide bonds. The highest BCUT2D eigenvalue weighted by Crippen LogP contribution is 2.27. The van der Waals surface area contributed by atoms with Gasteiger partial charge in [0.2, 0.25) is 5.88 Å². The fourth-order valence-corrected chi connectivity index (χ4v) is 2.08. The van der Waals surface area contributed by atoms with Gasteiger partial charge in [-0.05, 0) is 24.6 Å². The number of nitrogens with zero attached hydrogens (tertiary/aromatic N) is 3. The van der Waals surface area contributed by atoms with Crippen molar-refractivity contribution in [1.29, 1.82) is 0 Å². The molecule has 0 aliphatic rings. The zero-order chi connectivity index (χ0) is 16.9. The van der Waals surface area contributed by atoms with Gasteiger partial charge < -0.3 is 20.5 Å². The van der Waals surface area contributed by atoms with Gasteiger partial charge in [-0.1, -0.05) is 6.07 Å². The third kappa shape index (κ3) is 3.52. The molecule has 0 saturated carbocycles. The molecule has 0 saturated heterocycles. The maximum Gasteiger partial charge on any atom is 0.219 e. The summed E-state index contributed by atoms with van der Waals surface area (Å²) in [5.74, 6) is 2.43. The molecule has 0 atom stereocenters. The predicted molar refractivity (Wildman–Crippen MR) is 91.8 cm³/mol. The zero-order valence-electron chi connectivity index (χ0n) is 13.4. The van der Waals surface area contributed by atoms with E-state index in [0.29, 0.717) is 23.1 Å². The van der Waals surface area contributed by atoms with E-state index in [1.807, 2.05) is 31.2 Å². The van der Waals surface area contributed by atoms with E-state index in [2.05, 4.69) is 20.3 Å². The fraction of sp³-hybridized carbons (Fsp3) is 0.118. The van der Waals surface area contributed by atoms with Gasteiger partial charge in [0, 0.05) is 12.1 Å². The average molecular weight is 323 g/mol. The van der Waals surface area contributed by atoms with Crippen LogP contribution in [0.3, 0.4) is 0 Å². The second kappa shape index (κ2) is 6.82. The Morgan fingerprint density at radius 2 is 1.96 bits per heavy atom. The van der Waals surface area contributed by atoms with Gasteiger partial charge in [-0.3, -0.25) is 0 Å². The van der Waals surface area contributed by atoms with Gasteiger partial charge in [0.1, 0.15) is 17.8 Å². The van der Waals surface area contributed by atoms with Gasteiger partial charge >= 0.3 is 0 Å². The lowest BCUT2D eigenvalue weighted by Gasteiger charge is -2.10. The molecule has 2 aromatic heterocycles. The van der Waals surface area contributed by atoms with Crippen molar-refractivity contribution in [3.63, 3.8) is 0 Å². The normalized spacial score (nSPS) is 10.2. The van der Waals surface area contributed by atoms with Crippen molar-refractivity contribution in [2.75, 3.05) is 18.2 Å². The first-order valence-corrected chi connectivity index (χ1v) is 7.27. The SMILES string of the molecule is COc1cc(Oc2ccc(Nc3ncncc3N)cn2)ccc1C. The molecule has 3 rings (SSSR count). The Hall–Kier alpha value is -3.35. The average Bonchev–Trinajstić information content (AvgIpc) is 2.60. The molecule has 2 heterocycles. The van der Waals surface area contributed by atoms with Crippen LogP contribution in [0.4, 0.5) is 17.2 Å². The topological polar surface area (TPSA) is 95.2 Å². The molecule has 3 N–H and O–H groups in total. The molecular weight excluding hydrogens is 306 g/mol. The van der Waals surface area contributed by atoms with Crippen molar-refractivity contribution in [1.82, 2.24) is 15.0 Å². The summed E-state index contributed by atoms with van der Waals surface area (Å²) in [4.78, 5) is 12.2. The van der Waals surface area contributed by atoms with Crippen molar-refractivity contribution in [3.05, 3.63) is 54.6 Å². The molecule has 122 valence electrons. The molecule has 7 heteroatoms. The van der Waals surface area contributed by atoms with E-state index < -0.39 is 0 Å². The first-order chi connectivity index (χ1) is 11.7. The Balaban J connectivity index is 1.72. The molecule has 0 aliphatic heterocycles. The van der Waals surface area contributed by atoms with Gasteiger partial charge in [0.05, 0.1) is 30.9 Å². The standard InChI is InChI=1S/C17H17N5O2/c1-11-3-5-13(7-15(11)23-2)24-16-6-4-12(8-20-16)22-17-14(18)9-19-10-21-17/h3-10H,18H2,1-2H3,(H,19,21,22). The van der Waals surface area contributed by atoms with Crippen LogP contribution < -0.4 is 20.5 Å². The number of rotatable bonds is 5. The summed E-state index contributed by atoms with van der Waals surface area (Å²) in [5, 5.41) is 3.07. The van der Waals surface area contributed by atoms with E-state index >= 15 is 0 Å². The molecular formula is C17H17N5O2. The number of hydrogen-bond donors (Lipinski definition) is 2. The summed E-state index contributed by atoms with van der Waals surface area (Å²) in [6.07, 6.45) is 4.60. The highest BCUT2D eigenvalue weighted by atomic mass is 16.5. The molecule has 24 heavy (non-hydrogen) atoms. The second-order valence-corrected chi connectivity index (χ2v) is 5.07. The van der Waals surface area contributed by atoms with Crippen LogP contribution in [-0.2, 0) is 0 Å². The lowest BCUT2D eigenvalue weighted by molar-refractivity contribution is 0.404. The molecule has 0 bridgehead atoms. The number of nitrogens with one attached hydrogen (secondary N) is 1. The molecule has 3 aromatic rings. The van der Waals surface area contributed by atoms with Crippen LogP contribution >= 0.6 is 0 Å². The van der Waals surface area contributed by atoms with Crippen LogP contribution in [-0.4, -0.2) is 22.1 Å². The van der Waals surface area contributed by atoms with E-state index in [4.69, 9.17) is 15.2 Å². The number of hydrogen-bond acceptors (Lipinski definition) is 7. The first-order valence-electron chi connectivity index (χ1n) is 7.27. The molecule has 1 aromatic carbocycles. The van der Waals surface area contributed by atoms with Gasteiger partial charge in [-0.25, -0.2) is 15.0 Å². The molecule has 0 fully saturated rings. The molecule has 0 radical (unpaired) electrons. The minimum atomic E-state index is 0.463. The van der Waals surface area contributed by atoms with E-state index in [1.54, 1.807) is 19.4 Å². The van der Waals surface area contributed by atoms with Crippen LogP contribution in [0, 0.1) is 6.92 Å². The van der Waals surface area contributed by atoms with Crippen LogP contribution in [0.25, 0.3) is 0 Å². The highest BCUT2D eigenvalue weighted by Gasteiger charge is 2.05. The molecule has 0 aliphatic carbocycles. The van der Waals surface area contributed by atoms with Crippen molar-refractivity contribution in [2.24, 2.45) is 0 Å². The summed E-state index contributed by atoms with van der Waals surface area (Å²) in [5.41, 5.74) is 8.04. The Labute approximate surface area is 139 Å². The zero-order valence-corrected chi connectivity index (χ0v) is 13.4. The highest BCUT2D eigenvalue weighted by molar-refractivity contribution is 5.67. The van der Waals surface area contributed by atoms with Crippen molar-refractivity contribution < 1.29 is 9.47 Å². The number of aromatic nitrogens is 3. The maximum atomic E-state index is 5.80. The van der Waals surface area contributed by atoms with Crippen LogP contribution in [0.15, 0.2) is 49.1 Å². The quantitative estimate of drug-likeness (QED) is 0.743. The Bertz CT molecular complexity index is 837. The number of anilines is 3. The first kappa shape index (κ1) is 15.5. The summed E-state index contributed by atoms with van der Waals surface area (Å²) in [7, 11) is 1.63. The van der Waals surface area contributed by atoms with Crippen molar-refractivity contribution in [2.45, 2.75) is 6.92 Å². The number of benzene rings is 1. The Morgan fingerprint density at radius 1 is 1.08 bits per heavy atom. The predicted octanol–water partition coefficient (Wildman–Crippen LogP) is 3.31. The van der Waals surface area contributed by atoms with Gasteiger partial charge in [-0.2, -0.15) is 0 Å². The van der Waals surface area contributed by atoms with E-state index in [0.717, 1.165) is 17.0 Å². The van der Waals surface area contributed by atoms with Gasteiger partial charge in [0.15, 0.2) is 5.82 Å². The van der Waals surface area contributed by atoms with E-state index in [9.17, 15) is 0 Å². The third-order valence-electron chi connectivity index (χ3n) is 3.34. The van der Waals surface area contributed by atoms with Crippen molar-refractivity contribution >= 4 is 17.2 Å². The number of methoxy groups -OCH3 is 1. The lowest BCUT2D eigenvalue weighted by Crippen LogP contribution is -2.00. The number of ether oxygens (including phenoxy) is 2. The monoisotopic (exact) mass is 323 g/mol. The number of pyridine rings is 1. The second-order valence-electron chi connectivity index (χ2n) is 5.07. The summed E-state index contributed by atoms with van der Waals surface area (Å²) < 4.78 is 11.0. The number of aryl methyl sites for hydroxylation is 1. The Morgan fingerprint density at radius 3 is 2.67 bits per heavy atom. The van der Waals surface area contributed by atoms with Gasteiger partial charge in [0.25, 0.3) is 0 Å². The largest absolute Gasteiger partial charge is 0.496 e. The number of nitrogens with two attached hydrogens (primary N) is 1. The molecule has 0 spiro atoms. The fourth-order valence-electron chi connectivity index (χ4n) is 2.08. The van der Waals surface area contributed by atoms with Crippen molar-refractivity contribution in [3.8, 4) is 17.4 Å². The summed E-state index contributed by atoms with van der Waals surface area (Å²) >= 11 is 0. The third-order valence-corrected chi connectivity index (χ3v) is 3.34. The molecule has 0 unspecified atom stereocenters. The molecule has 7 nitrogen and oxygen atoms in total. The minimum Gasteiger partial charge on any atom is -0.496 e. The summed E-state index contributed by atoms with van der Waals surface area (Å²) in [6, 6.07) is 9.21. The smallest absolute Gasteiger partial charge is 0.219 e. The van der Waals surface area contributed by atoms with Gasteiger partial charge in [-0.15, -0.1) is 0 Å². The minimum absolute atomic E-state index is 0.463. The van der Waals surface area contributed by atoms with E-state index in [-0.39, 0.29) is 0 Å². The number of nitrogen functional groups attached to an aromatic ring is 1. The van der Waals surface area contributed by atoms with Crippen LogP contribution in [0.5, 0.6) is 17.4 Å².